The molecule has 1 aliphatic heterocycles. The predicted molar refractivity (Wildman–Crippen MR) is 48.7 cm³/mol. The number of ether oxygens (including phenoxy) is 1. The maximum Gasteiger partial charge on any atom is 0.328 e. The van der Waals surface area contributed by atoms with Gasteiger partial charge in [-0.15, -0.1) is 0 Å². The summed E-state index contributed by atoms with van der Waals surface area (Å²) in [6, 6.07) is 0. The first kappa shape index (κ1) is 10.7. The molecule has 5 heteroatoms. The zero-order chi connectivity index (χ0) is 10.4. The van der Waals surface area contributed by atoms with Crippen LogP contribution in [0.2, 0.25) is 0 Å². The van der Waals surface area contributed by atoms with Crippen LogP contribution < -0.4 is 5.32 Å². The highest BCUT2D eigenvalue weighted by Gasteiger charge is 2.15. The van der Waals surface area contributed by atoms with E-state index in [-0.39, 0.29) is 5.91 Å². The van der Waals surface area contributed by atoms with Crippen LogP contribution in [0, 0.1) is 5.92 Å². The zero-order valence-corrected chi connectivity index (χ0v) is 7.73. The molecule has 0 aliphatic carbocycles. The number of hydrogen-bond donors (Lipinski definition) is 2. The van der Waals surface area contributed by atoms with Crippen LogP contribution in [0.3, 0.4) is 0 Å². The molecule has 0 aromatic rings. The van der Waals surface area contributed by atoms with Crippen molar-refractivity contribution in [3.05, 3.63) is 12.2 Å². The molecule has 2 N–H and O–H groups in total. The standard InChI is InChI=1S/C9H13NO4/c11-8(1-2-9(12)13)10-5-7-3-4-14-6-7/h1-2,7H,3-6H2,(H,10,11)(H,12,13)/b2-1+. The van der Waals surface area contributed by atoms with E-state index in [0.29, 0.717) is 19.1 Å². The van der Waals surface area contributed by atoms with Crippen molar-refractivity contribution in [1.82, 2.24) is 5.32 Å². The van der Waals surface area contributed by atoms with Gasteiger partial charge in [0.2, 0.25) is 5.91 Å². The Hall–Kier alpha value is -1.36. The molecule has 0 bridgehead atoms. The monoisotopic (exact) mass is 199 g/mol. The summed E-state index contributed by atoms with van der Waals surface area (Å²) in [5.74, 6) is -1.14. The highest BCUT2D eigenvalue weighted by molar-refractivity contribution is 5.93. The fraction of sp³-hybridized carbons (Fsp3) is 0.556. The van der Waals surface area contributed by atoms with Gasteiger partial charge in [0, 0.05) is 31.2 Å². The Morgan fingerprint density at radius 3 is 2.86 bits per heavy atom. The molecule has 0 spiro atoms. The van der Waals surface area contributed by atoms with Crippen molar-refractivity contribution >= 4 is 11.9 Å². The third-order valence-electron chi connectivity index (χ3n) is 1.97. The number of rotatable bonds is 4. The fourth-order valence-corrected chi connectivity index (χ4v) is 1.20. The van der Waals surface area contributed by atoms with Crippen molar-refractivity contribution < 1.29 is 19.4 Å². The Kier molecular flexibility index (Phi) is 4.12. The molecule has 1 rings (SSSR count). The maximum absolute atomic E-state index is 11.0. The molecule has 0 radical (unpaired) electrons. The van der Waals surface area contributed by atoms with Crippen molar-refractivity contribution in [1.29, 1.82) is 0 Å². The largest absolute Gasteiger partial charge is 0.478 e. The lowest BCUT2D eigenvalue weighted by atomic mass is 10.1. The Bertz CT molecular complexity index is 243. The third kappa shape index (κ3) is 4.04. The highest BCUT2D eigenvalue weighted by Crippen LogP contribution is 2.10. The third-order valence-corrected chi connectivity index (χ3v) is 1.97. The molecule has 1 heterocycles. The van der Waals surface area contributed by atoms with Gasteiger partial charge in [-0.2, -0.15) is 0 Å². The summed E-state index contributed by atoms with van der Waals surface area (Å²) in [6.45, 7) is 1.96. The van der Waals surface area contributed by atoms with Crippen molar-refractivity contribution in [2.24, 2.45) is 5.92 Å². The normalized spacial score (nSPS) is 21.3. The van der Waals surface area contributed by atoms with E-state index in [1.165, 1.54) is 0 Å². The first-order valence-corrected chi connectivity index (χ1v) is 4.45. The first-order valence-electron chi connectivity index (χ1n) is 4.45. The Balaban J connectivity index is 2.17. The van der Waals surface area contributed by atoms with Gasteiger partial charge in [-0.25, -0.2) is 4.79 Å². The van der Waals surface area contributed by atoms with Gasteiger partial charge in [0.15, 0.2) is 0 Å². The number of carbonyl (C=O) groups excluding carboxylic acids is 1. The molecule has 1 amide bonds. The molecule has 0 aromatic carbocycles. The van der Waals surface area contributed by atoms with Crippen molar-refractivity contribution in [2.75, 3.05) is 19.8 Å². The van der Waals surface area contributed by atoms with Gasteiger partial charge >= 0.3 is 5.97 Å². The molecule has 1 aliphatic rings. The van der Waals surface area contributed by atoms with Gasteiger partial charge in [0.1, 0.15) is 0 Å². The van der Waals surface area contributed by atoms with Gasteiger partial charge in [-0.05, 0) is 6.42 Å². The van der Waals surface area contributed by atoms with Gasteiger partial charge in [-0.1, -0.05) is 0 Å². The summed E-state index contributed by atoms with van der Waals surface area (Å²) in [5.41, 5.74) is 0. The first-order chi connectivity index (χ1) is 6.68. The molecule has 1 fully saturated rings. The maximum atomic E-state index is 11.0. The minimum atomic E-state index is -1.12. The molecular formula is C9H13NO4. The molecule has 1 unspecified atom stereocenters. The minimum absolute atomic E-state index is 0.358. The second kappa shape index (κ2) is 5.39. The predicted octanol–water partition coefficient (Wildman–Crippen LogP) is -0.220. The number of aliphatic carboxylic acids is 1. The van der Waals surface area contributed by atoms with Crippen molar-refractivity contribution in [3.63, 3.8) is 0 Å². The lowest BCUT2D eigenvalue weighted by molar-refractivity contribution is -0.131. The number of hydrogen-bond acceptors (Lipinski definition) is 3. The van der Waals surface area contributed by atoms with Crippen LogP contribution in [0.1, 0.15) is 6.42 Å². The van der Waals surface area contributed by atoms with E-state index >= 15 is 0 Å². The Morgan fingerprint density at radius 1 is 1.50 bits per heavy atom. The summed E-state index contributed by atoms with van der Waals surface area (Å²) < 4.78 is 5.12. The van der Waals surface area contributed by atoms with Crippen LogP contribution >= 0.6 is 0 Å². The second-order valence-electron chi connectivity index (χ2n) is 3.15. The van der Waals surface area contributed by atoms with E-state index in [9.17, 15) is 9.59 Å². The Labute approximate surface area is 81.7 Å². The molecule has 0 saturated carbocycles. The molecule has 78 valence electrons. The number of amides is 1. The summed E-state index contributed by atoms with van der Waals surface area (Å²) in [6.07, 6.45) is 2.78. The average Bonchev–Trinajstić information content (AvgIpc) is 2.63. The number of carbonyl (C=O) groups is 2. The lowest BCUT2D eigenvalue weighted by Crippen LogP contribution is -2.28. The van der Waals surface area contributed by atoms with E-state index in [1.807, 2.05) is 0 Å². The van der Waals surface area contributed by atoms with Crippen LogP contribution in [0.15, 0.2) is 12.2 Å². The molecular weight excluding hydrogens is 186 g/mol. The number of carboxylic acids is 1. The molecule has 5 nitrogen and oxygen atoms in total. The average molecular weight is 199 g/mol. The van der Waals surface area contributed by atoms with Gasteiger partial charge in [-0.3, -0.25) is 4.79 Å². The van der Waals surface area contributed by atoms with Crippen molar-refractivity contribution in [3.8, 4) is 0 Å². The lowest BCUT2D eigenvalue weighted by Gasteiger charge is -2.06. The van der Waals surface area contributed by atoms with E-state index < -0.39 is 5.97 Å². The van der Waals surface area contributed by atoms with Crippen LogP contribution in [0.4, 0.5) is 0 Å². The number of nitrogens with one attached hydrogen (secondary N) is 1. The van der Waals surface area contributed by atoms with E-state index in [1.54, 1.807) is 0 Å². The van der Waals surface area contributed by atoms with Crippen LogP contribution in [0.25, 0.3) is 0 Å². The molecule has 0 aromatic heterocycles. The molecule has 1 atom stereocenters. The summed E-state index contributed by atoms with van der Waals surface area (Å²) >= 11 is 0. The quantitative estimate of drug-likeness (QED) is 0.614. The summed E-state index contributed by atoms with van der Waals surface area (Å²) in [4.78, 5) is 21.1. The Morgan fingerprint density at radius 2 is 2.29 bits per heavy atom. The number of carboxylic acid groups (broad SMARTS) is 1. The van der Waals surface area contributed by atoms with Gasteiger partial charge in [0.05, 0.1) is 6.61 Å². The van der Waals surface area contributed by atoms with Crippen LogP contribution in [-0.2, 0) is 14.3 Å². The van der Waals surface area contributed by atoms with E-state index in [4.69, 9.17) is 9.84 Å². The van der Waals surface area contributed by atoms with Gasteiger partial charge < -0.3 is 15.2 Å². The van der Waals surface area contributed by atoms with Crippen molar-refractivity contribution in [2.45, 2.75) is 6.42 Å². The minimum Gasteiger partial charge on any atom is -0.478 e. The van der Waals surface area contributed by atoms with Gasteiger partial charge in [0.25, 0.3) is 0 Å². The topological polar surface area (TPSA) is 75.6 Å². The summed E-state index contributed by atoms with van der Waals surface area (Å²) in [7, 11) is 0. The molecule has 14 heavy (non-hydrogen) atoms. The SMILES string of the molecule is O=C(O)/C=C/C(=O)NCC1CCOC1. The summed E-state index contributed by atoms with van der Waals surface area (Å²) in [5, 5.41) is 10.9. The van der Waals surface area contributed by atoms with E-state index in [0.717, 1.165) is 25.2 Å². The smallest absolute Gasteiger partial charge is 0.328 e. The zero-order valence-electron chi connectivity index (χ0n) is 7.73. The second-order valence-corrected chi connectivity index (χ2v) is 3.15. The molecule has 1 saturated heterocycles. The van der Waals surface area contributed by atoms with Crippen LogP contribution in [0.5, 0.6) is 0 Å². The highest BCUT2D eigenvalue weighted by atomic mass is 16.5. The van der Waals surface area contributed by atoms with Crippen LogP contribution in [-0.4, -0.2) is 36.7 Å². The van der Waals surface area contributed by atoms with E-state index in [2.05, 4.69) is 5.32 Å². The fourth-order valence-electron chi connectivity index (χ4n) is 1.20.